The second-order valence-corrected chi connectivity index (χ2v) is 13.6. The highest BCUT2D eigenvalue weighted by molar-refractivity contribution is 7.88. The fourth-order valence-electron chi connectivity index (χ4n) is 4.89. The smallest absolute Gasteiger partial charge is 0.316 e. The lowest BCUT2D eigenvalue weighted by atomic mass is 10.1. The lowest BCUT2D eigenvalue weighted by Crippen LogP contribution is -2.38. The summed E-state index contributed by atoms with van der Waals surface area (Å²) in [6, 6.07) is 13.6. The van der Waals surface area contributed by atoms with Gasteiger partial charge in [0.25, 0.3) is 0 Å². The van der Waals surface area contributed by atoms with Crippen LogP contribution in [0.4, 0.5) is 20.3 Å². The van der Waals surface area contributed by atoms with Crippen LogP contribution < -0.4 is 20.9 Å². The average Bonchev–Trinajstić information content (AvgIpc) is 3.73. The third-order valence-electron chi connectivity index (χ3n) is 7.93. The van der Waals surface area contributed by atoms with Crippen LogP contribution in [-0.4, -0.2) is 60.8 Å². The number of sulfonamides is 1. The van der Waals surface area contributed by atoms with E-state index in [-0.39, 0.29) is 48.8 Å². The van der Waals surface area contributed by atoms with E-state index in [2.05, 4.69) is 10.1 Å². The molecule has 4 aromatic rings. The first-order valence-electron chi connectivity index (χ1n) is 14.6. The number of pyridine rings is 1. The second-order valence-electron chi connectivity index (χ2n) is 11.6. The van der Waals surface area contributed by atoms with Crippen LogP contribution in [0, 0.1) is 17.0 Å². The molecule has 0 spiro atoms. The molecule has 13 heteroatoms. The third kappa shape index (κ3) is 7.66. The van der Waals surface area contributed by atoms with Crippen molar-refractivity contribution in [2.45, 2.75) is 32.4 Å². The minimum absolute atomic E-state index is 0.0211. The SMILES string of the molecule is CCN(CCN(C)c1cnn(-c2cc(F)cc(F)c2)c(=O)c1OCC1(C)CC1)S(=O)(=O)Cc1ccc(-c2ccnc(N)c2)cc1. The van der Waals surface area contributed by atoms with Gasteiger partial charge < -0.3 is 15.4 Å². The number of likely N-dealkylation sites (N-methyl/N-ethyl adjacent to an activating group) is 2. The molecule has 45 heavy (non-hydrogen) atoms. The van der Waals surface area contributed by atoms with Crippen molar-refractivity contribution < 1.29 is 21.9 Å². The highest BCUT2D eigenvalue weighted by atomic mass is 32.2. The molecular weight excluding hydrogens is 602 g/mol. The molecule has 0 bridgehead atoms. The Balaban J connectivity index is 1.32. The zero-order chi connectivity index (χ0) is 32.4. The molecule has 0 amide bonds. The number of anilines is 2. The summed E-state index contributed by atoms with van der Waals surface area (Å²) in [6.07, 6.45) is 4.92. The third-order valence-corrected chi connectivity index (χ3v) is 9.86. The normalized spacial score (nSPS) is 14.0. The average molecular weight is 639 g/mol. The molecule has 1 aliphatic rings. The predicted octanol–water partition coefficient (Wildman–Crippen LogP) is 4.62. The Labute approximate surface area is 261 Å². The van der Waals surface area contributed by atoms with Gasteiger partial charge in [0, 0.05) is 44.4 Å². The zero-order valence-corrected chi connectivity index (χ0v) is 26.2. The van der Waals surface area contributed by atoms with E-state index >= 15 is 0 Å². The fraction of sp³-hybridized carbons (Fsp3) is 0.344. The minimum atomic E-state index is -3.69. The molecule has 0 unspecified atom stereocenters. The molecule has 2 aromatic heterocycles. The van der Waals surface area contributed by atoms with Gasteiger partial charge in [0.2, 0.25) is 15.8 Å². The quantitative estimate of drug-likeness (QED) is 0.225. The van der Waals surface area contributed by atoms with Gasteiger partial charge in [-0.15, -0.1) is 0 Å². The van der Waals surface area contributed by atoms with Gasteiger partial charge in [0.15, 0.2) is 0 Å². The summed E-state index contributed by atoms with van der Waals surface area (Å²) in [7, 11) is -1.98. The largest absolute Gasteiger partial charge is 0.486 e. The molecular formula is C32H36F2N6O4S. The number of nitrogens with two attached hydrogens (primary N) is 1. The lowest BCUT2D eigenvalue weighted by Gasteiger charge is -2.26. The van der Waals surface area contributed by atoms with E-state index in [1.54, 1.807) is 43.3 Å². The zero-order valence-electron chi connectivity index (χ0n) is 25.4. The van der Waals surface area contributed by atoms with Gasteiger partial charge in [0.1, 0.15) is 23.1 Å². The summed E-state index contributed by atoms with van der Waals surface area (Å²) >= 11 is 0. The number of hydrogen-bond donors (Lipinski definition) is 1. The number of ether oxygens (including phenoxy) is 1. The number of aromatic nitrogens is 3. The van der Waals surface area contributed by atoms with Gasteiger partial charge in [-0.3, -0.25) is 4.79 Å². The number of halogens is 2. The van der Waals surface area contributed by atoms with Gasteiger partial charge in [-0.1, -0.05) is 38.1 Å². The summed E-state index contributed by atoms with van der Waals surface area (Å²) in [5, 5.41) is 4.16. The number of rotatable bonds is 13. The van der Waals surface area contributed by atoms with Crippen LogP contribution in [0.25, 0.3) is 16.8 Å². The molecule has 2 N–H and O–H groups in total. The number of benzene rings is 2. The van der Waals surface area contributed by atoms with Crippen molar-refractivity contribution in [1.29, 1.82) is 0 Å². The van der Waals surface area contributed by atoms with Crippen molar-refractivity contribution in [3.63, 3.8) is 0 Å². The predicted molar refractivity (Wildman–Crippen MR) is 170 cm³/mol. The molecule has 1 aliphatic carbocycles. The number of hydrogen-bond acceptors (Lipinski definition) is 8. The maximum Gasteiger partial charge on any atom is 0.316 e. The van der Waals surface area contributed by atoms with Crippen molar-refractivity contribution in [3.8, 4) is 22.6 Å². The Hall–Kier alpha value is -4.36. The van der Waals surface area contributed by atoms with Crippen LogP contribution in [0.15, 0.2) is 71.8 Å². The second kappa shape index (κ2) is 12.9. The van der Waals surface area contributed by atoms with Crippen LogP contribution in [-0.2, 0) is 15.8 Å². The molecule has 2 aromatic carbocycles. The Kier molecular flexibility index (Phi) is 9.21. The molecule has 10 nitrogen and oxygen atoms in total. The molecule has 0 aliphatic heterocycles. The summed E-state index contributed by atoms with van der Waals surface area (Å²) in [4.78, 5) is 19.2. The van der Waals surface area contributed by atoms with Crippen molar-refractivity contribution in [2.24, 2.45) is 5.41 Å². The summed E-state index contributed by atoms with van der Waals surface area (Å²) in [6.45, 7) is 4.71. The van der Waals surface area contributed by atoms with Crippen molar-refractivity contribution >= 4 is 21.5 Å². The molecule has 0 saturated heterocycles. The molecule has 2 heterocycles. The van der Waals surface area contributed by atoms with Crippen molar-refractivity contribution in [2.75, 3.05) is 43.9 Å². The van der Waals surface area contributed by atoms with Crippen LogP contribution in [0.2, 0.25) is 0 Å². The van der Waals surface area contributed by atoms with Crippen molar-refractivity contribution in [3.05, 3.63) is 94.5 Å². The molecule has 1 fully saturated rings. The lowest BCUT2D eigenvalue weighted by molar-refractivity contribution is 0.243. The van der Waals surface area contributed by atoms with Crippen LogP contribution in [0.3, 0.4) is 0 Å². The van der Waals surface area contributed by atoms with E-state index in [9.17, 15) is 22.0 Å². The van der Waals surface area contributed by atoms with Gasteiger partial charge in [-0.25, -0.2) is 26.5 Å². The van der Waals surface area contributed by atoms with Crippen LogP contribution >= 0.6 is 0 Å². The van der Waals surface area contributed by atoms with E-state index in [1.165, 1.54) is 10.5 Å². The minimum Gasteiger partial charge on any atom is -0.486 e. The Bertz CT molecular complexity index is 1830. The Morgan fingerprint density at radius 1 is 1.02 bits per heavy atom. The van der Waals surface area contributed by atoms with E-state index < -0.39 is 27.2 Å². The maximum atomic E-state index is 13.9. The fourth-order valence-corrected chi connectivity index (χ4v) is 6.44. The topological polar surface area (TPSA) is 124 Å². The highest BCUT2D eigenvalue weighted by Crippen LogP contribution is 2.45. The van der Waals surface area contributed by atoms with E-state index in [1.807, 2.05) is 25.1 Å². The highest BCUT2D eigenvalue weighted by Gasteiger charge is 2.38. The van der Waals surface area contributed by atoms with Crippen molar-refractivity contribution in [1.82, 2.24) is 19.1 Å². The summed E-state index contributed by atoms with van der Waals surface area (Å²) in [5.41, 5.74) is 7.74. The standard InChI is InChI=1S/C32H36F2N6O4S/c1-4-39(45(42,43)20-22-5-7-23(8-6-22)24-9-12-36-29(35)15-24)14-13-38(3)28-19-37-40(27-17-25(33)16-26(34)18-27)31(41)30(28)44-21-32(2)10-11-32/h5-9,12,15-19H,4,10-11,13-14,20-21H2,1-3H3,(H2,35,36). The Morgan fingerprint density at radius 3 is 2.33 bits per heavy atom. The number of nitrogens with zero attached hydrogens (tertiary/aromatic N) is 5. The van der Waals surface area contributed by atoms with Gasteiger partial charge in [0.05, 0.1) is 24.2 Å². The first-order chi connectivity index (χ1) is 21.4. The summed E-state index contributed by atoms with van der Waals surface area (Å²) < 4.78 is 63.0. The van der Waals surface area contributed by atoms with E-state index in [0.29, 0.717) is 23.1 Å². The molecule has 0 atom stereocenters. The summed E-state index contributed by atoms with van der Waals surface area (Å²) in [5.74, 6) is -1.49. The monoisotopic (exact) mass is 638 g/mol. The molecule has 5 rings (SSSR count). The molecule has 1 saturated carbocycles. The number of nitrogen functional groups attached to an aromatic ring is 1. The Morgan fingerprint density at radius 2 is 1.71 bits per heavy atom. The van der Waals surface area contributed by atoms with E-state index in [0.717, 1.165) is 40.8 Å². The van der Waals surface area contributed by atoms with Gasteiger partial charge >= 0.3 is 5.56 Å². The van der Waals surface area contributed by atoms with Gasteiger partial charge in [-0.2, -0.15) is 9.78 Å². The van der Waals surface area contributed by atoms with Crippen LogP contribution in [0.1, 0.15) is 32.3 Å². The van der Waals surface area contributed by atoms with E-state index in [4.69, 9.17) is 10.5 Å². The molecule has 238 valence electrons. The van der Waals surface area contributed by atoms with Crippen LogP contribution in [0.5, 0.6) is 5.75 Å². The maximum absolute atomic E-state index is 13.9. The van der Waals surface area contributed by atoms with Gasteiger partial charge in [-0.05, 0) is 53.8 Å². The first-order valence-corrected chi connectivity index (χ1v) is 16.2. The first kappa shape index (κ1) is 32.0. The molecule has 0 radical (unpaired) electrons.